The number of carbonyl (C=O) groups is 2. The van der Waals surface area contributed by atoms with Gasteiger partial charge in [0, 0.05) is 10.3 Å². The average Bonchev–Trinajstić information content (AvgIpc) is 2.63. The molecule has 2 N–H and O–H groups in total. The summed E-state index contributed by atoms with van der Waals surface area (Å²) in [6.45, 7) is 3.87. The molecule has 1 aromatic rings. The Morgan fingerprint density at radius 3 is 2.25 bits per heavy atom. The highest BCUT2D eigenvalue weighted by atomic mass is 32.1. The summed E-state index contributed by atoms with van der Waals surface area (Å²) < 4.78 is 0. The molecule has 20 heavy (non-hydrogen) atoms. The molecule has 0 bridgehead atoms. The van der Waals surface area contributed by atoms with Crippen LogP contribution in [0.15, 0.2) is 5.38 Å². The van der Waals surface area contributed by atoms with E-state index in [1.165, 1.54) is 11.3 Å². The molecular formula is C15H21NO3S. The fourth-order valence-electron chi connectivity index (χ4n) is 2.75. The van der Waals surface area contributed by atoms with E-state index in [4.69, 9.17) is 0 Å². The van der Waals surface area contributed by atoms with Crippen molar-refractivity contribution in [2.45, 2.75) is 57.9 Å². The molecule has 1 aliphatic rings. The molecule has 0 saturated heterocycles. The molecule has 1 fully saturated rings. The number of hydrogen-bond acceptors (Lipinski definition) is 3. The van der Waals surface area contributed by atoms with E-state index in [2.05, 4.69) is 5.32 Å². The van der Waals surface area contributed by atoms with Crippen LogP contribution in [0.5, 0.6) is 0 Å². The summed E-state index contributed by atoms with van der Waals surface area (Å²) >= 11 is 1.52. The molecule has 4 nitrogen and oxygen atoms in total. The van der Waals surface area contributed by atoms with Crippen molar-refractivity contribution in [1.82, 2.24) is 5.32 Å². The summed E-state index contributed by atoms with van der Waals surface area (Å²) in [5, 5.41) is 14.2. The van der Waals surface area contributed by atoms with E-state index in [9.17, 15) is 14.7 Å². The number of amides is 1. The Morgan fingerprint density at radius 1 is 1.20 bits per heavy atom. The van der Waals surface area contributed by atoms with Crippen LogP contribution < -0.4 is 5.32 Å². The van der Waals surface area contributed by atoms with Gasteiger partial charge in [0.1, 0.15) is 5.54 Å². The van der Waals surface area contributed by atoms with E-state index in [0.717, 1.165) is 36.1 Å². The van der Waals surface area contributed by atoms with Crippen LogP contribution in [0.2, 0.25) is 0 Å². The normalized spacial score (nSPS) is 18.3. The van der Waals surface area contributed by atoms with Crippen molar-refractivity contribution >= 4 is 23.2 Å². The highest BCUT2D eigenvalue weighted by Gasteiger charge is 2.40. The molecule has 1 amide bonds. The molecular weight excluding hydrogens is 274 g/mol. The van der Waals surface area contributed by atoms with E-state index < -0.39 is 11.5 Å². The van der Waals surface area contributed by atoms with Crippen molar-refractivity contribution in [3.63, 3.8) is 0 Å². The van der Waals surface area contributed by atoms with Gasteiger partial charge in [-0.1, -0.05) is 25.7 Å². The minimum atomic E-state index is -1.09. The van der Waals surface area contributed by atoms with Gasteiger partial charge in [-0.25, -0.2) is 4.79 Å². The maximum absolute atomic E-state index is 12.4. The monoisotopic (exact) mass is 295 g/mol. The van der Waals surface area contributed by atoms with Gasteiger partial charge in [0.15, 0.2) is 0 Å². The molecule has 0 atom stereocenters. The Hall–Kier alpha value is -1.36. The molecule has 0 spiro atoms. The number of carbonyl (C=O) groups excluding carboxylic acids is 1. The van der Waals surface area contributed by atoms with Gasteiger partial charge in [0.05, 0.1) is 5.56 Å². The number of carboxylic acids is 1. The third-order valence-corrected chi connectivity index (χ3v) is 5.26. The second kappa shape index (κ2) is 5.95. The van der Waals surface area contributed by atoms with Gasteiger partial charge in [-0.3, -0.25) is 4.79 Å². The average molecular weight is 295 g/mol. The predicted octanol–water partition coefficient (Wildman–Crippen LogP) is 3.27. The Kier molecular flexibility index (Phi) is 4.48. The van der Waals surface area contributed by atoms with Gasteiger partial charge >= 0.3 is 5.97 Å². The van der Waals surface area contributed by atoms with Crippen LogP contribution in [0, 0.1) is 13.8 Å². The number of thiophene rings is 1. The van der Waals surface area contributed by atoms with Crippen LogP contribution in [-0.2, 0) is 4.79 Å². The zero-order valence-electron chi connectivity index (χ0n) is 12.0. The molecule has 0 unspecified atom stereocenters. The van der Waals surface area contributed by atoms with Gasteiger partial charge in [0.2, 0.25) is 0 Å². The van der Waals surface area contributed by atoms with Gasteiger partial charge < -0.3 is 10.4 Å². The first-order valence-corrected chi connectivity index (χ1v) is 7.95. The number of rotatable bonds is 3. The highest BCUT2D eigenvalue weighted by molar-refractivity contribution is 7.10. The maximum atomic E-state index is 12.4. The second-order valence-electron chi connectivity index (χ2n) is 5.59. The molecule has 110 valence electrons. The first-order valence-electron chi connectivity index (χ1n) is 7.07. The van der Waals surface area contributed by atoms with Crippen molar-refractivity contribution in [3.8, 4) is 0 Å². The van der Waals surface area contributed by atoms with Crippen molar-refractivity contribution in [2.75, 3.05) is 0 Å². The number of aliphatic carboxylic acids is 1. The van der Waals surface area contributed by atoms with Crippen molar-refractivity contribution < 1.29 is 14.7 Å². The van der Waals surface area contributed by atoms with E-state index >= 15 is 0 Å². The Balaban J connectivity index is 2.22. The number of aryl methyl sites for hydroxylation is 1. The molecule has 0 aromatic carbocycles. The zero-order valence-corrected chi connectivity index (χ0v) is 12.8. The molecule has 5 heteroatoms. The van der Waals surface area contributed by atoms with E-state index in [1.54, 1.807) is 0 Å². The van der Waals surface area contributed by atoms with Crippen LogP contribution in [-0.4, -0.2) is 22.5 Å². The molecule has 0 radical (unpaired) electrons. The Bertz CT molecular complexity index is 513. The minimum Gasteiger partial charge on any atom is -0.480 e. The fraction of sp³-hybridized carbons (Fsp3) is 0.600. The summed E-state index contributed by atoms with van der Waals surface area (Å²) in [7, 11) is 0. The lowest BCUT2D eigenvalue weighted by atomic mass is 9.89. The second-order valence-corrected chi connectivity index (χ2v) is 6.67. The molecule has 1 heterocycles. The summed E-state index contributed by atoms with van der Waals surface area (Å²) in [4.78, 5) is 25.2. The van der Waals surface area contributed by atoms with Gasteiger partial charge in [-0.15, -0.1) is 11.3 Å². The van der Waals surface area contributed by atoms with E-state index in [0.29, 0.717) is 18.4 Å². The van der Waals surface area contributed by atoms with Gasteiger partial charge in [0.25, 0.3) is 5.91 Å². The van der Waals surface area contributed by atoms with E-state index in [-0.39, 0.29) is 5.91 Å². The first-order chi connectivity index (χ1) is 9.46. The summed E-state index contributed by atoms with van der Waals surface area (Å²) in [5.41, 5.74) is 0.467. The standard InChI is InChI=1S/C15H21NO3S/c1-10-11(2)20-9-12(10)13(17)16-15(14(18)19)7-5-3-4-6-8-15/h9H,3-8H2,1-2H3,(H,16,17)(H,18,19). The van der Waals surface area contributed by atoms with Gasteiger partial charge in [-0.2, -0.15) is 0 Å². The molecule has 2 rings (SSSR count). The minimum absolute atomic E-state index is 0.254. The number of carboxylic acid groups (broad SMARTS) is 1. The van der Waals surface area contributed by atoms with Crippen LogP contribution in [0.25, 0.3) is 0 Å². The first kappa shape index (κ1) is 15.0. The predicted molar refractivity (Wildman–Crippen MR) is 79.3 cm³/mol. The lowest BCUT2D eigenvalue weighted by Gasteiger charge is -2.29. The Labute approximate surface area is 123 Å². The Morgan fingerprint density at radius 2 is 1.80 bits per heavy atom. The molecule has 1 aliphatic carbocycles. The molecule has 0 aliphatic heterocycles. The van der Waals surface area contributed by atoms with Crippen LogP contribution in [0.4, 0.5) is 0 Å². The van der Waals surface area contributed by atoms with Crippen molar-refractivity contribution in [3.05, 3.63) is 21.4 Å². The SMILES string of the molecule is Cc1scc(C(=O)NC2(C(=O)O)CCCCCC2)c1C. The summed E-state index contributed by atoms with van der Waals surface area (Å²) in [6, 6.07) is 0. The van der Waals surface area contributed by atoms with E-state index in [1.807, 2.05) is 19.2 Å². The van der Waals surface area contributed by atoms with Gasteiger partial charge in [-0.05, 0) is 32.3 Å². The van der Waals surface area contributed by atoms with Crippen molar-refractivity contribution in [1.29, 1.82) is 0 Å². The highest BCUT2D eigenvalue weighted by Crippen LogP contribution is 2.29. The third-order valence-electron chi connectivity index (χ3n) is 4.25. The number of hydrogen-bond donors (Lipinski definition) is 2. The van der Waals surface area contributed by atoms with Crippen LogP contribution in [0.3, 0.4) is 0 Å². The zero-order chi connectivity index (χ0) is 14.8. The maximum Gasteiger partial charge on any atom is 0.329 e. The van der Waals surface area contributed by atoms with Crippen LogP contribution >= 0.6 is 11.3 Å². The lowest BCUT2D eigenvalue weighted by molar-refractivity contribution is -0.145. The lowest BCUT2D eigenvalue weighted by Crippen LogP contribution is -2.54. The summed E-state index contributed by atoms with van der Waals surface area (Å²) in [5.74, 6) is -1.16. The smallest absolute Gasteiger partial charge is 0.329 e. The van der Waals surface area contributed by atoms with Crippen LogP contribution in [0.1, 0.15) is 59.3 Å². The van der Waals surface area contributed by atoms with Crippen molar-refractivity contribution in [2.24, 2.45) is 0 Å². The topological polar surface area (TPSA) is 66.4 Å². The number of nitrogens with one attached hydrogen (secondary N) is 1. The largest absolute Gasteiger partial charge is 0.480 e. The molecule has 1 aromatic heterocycles. The molecule has 1 saturated carbocycles. The quantitative estimate of drug-likeness (QED) is 0.841. The fourth-order valence-corrected chi connectivity index (χ4v) is 3.61. The third kappa shape index (κ3) is 2.87. The summed E-state index contributed by atoms with van der Waals surface area (Å²) in [6.07, 6.45) is 4.85.